The number of piperazine rings is 1. The average Bonchev–Trinajstić information content (AvgIpc) is 3.13. The van der Waals surface area contributed by atoms with Crippen LogP contribution in [-0.2, 0) is 11.3 Å². The molecule has 0 unspecified atom stereocenters. The van der Waals surface area contributed by atoms with Crippen molar-refractivity contribution in [2.75, 3.05) is 44.8 Å². The fraction of sp³-hybridized carbons (Fsp3) is 0.350. The summed E-state index contributed by atoms with van der Waals surface area (Å²) >= 11 is 0. The molecule has 2 aromatic rings. The van der Waals surface area contributed by atoms with E-state index in [1.165, 1.54) is 27.5 Å². The summed E-state index contributed by atoms with van der Waals surface area (Å²) in [7, 11) is 0. The van der Waals surface area contributed by atoms with Gasteiger partial charge in [-0.15, -0.1) is 0 Å². The first-order chi connectivity index (χ1) is 13.2. The normalized spacial score (nSPS) is 21.1. The number of benzene rings is 2. The highest BCUT2D eigenvalue weighted by Gasteiger charge is 2.25. The van der Waals surface area contributed by atoms with Crippen molar-refractivity contribution in [3.63, 3.8) is 0 Å². The standard InChI is InChI=1S/C20H22FN3O3/c21-16-2-4-17(5-3-16)22-20(25)13-24-9-7-23(8-10-24)12-15-1-6-18-19(11-15)27-14-26-18/h1-6,11H,7-10,12-14H2,(H,22,25)/p+2. The van der Waals surface area contributed by atoms with Crippen LogP contribution in [0.1, 0.15) is 5.56 Å². The van der Waals surface area contributed by atoms with E-state index in [9.17, 15) is 9.18 Å². The molecule has 0 aliphatic carbocycles. The highest BCUT2D eigenvalue weighted by atomic mass is 19.1. The quantitative estimate of drug-likeness (QED) is 0.661. The predicted molar refractivity (Wildman–Crippen MR) is 97.6 cm³/mol. The lowest BCUT2D eigenvalue weighted by Crippen LogP contribution is -3.28. The van der Waals surface area contributed by atoms with Gasteiger partial charge in [0.05, 0.1) is 0 Å². The van der Waals surface area contributed by atoms with Crippen LogP contribution in [-0.4, -0.2) is 45.4 Å². The molecule has 0 spiro atoms. The SMILES string of the molecule is O=C(C[NH+]1CC[NH+](Cc2ccc3c(c2)OCO3)CC1)Nc1ccc(F)cc1. The molecule has 7 heteroatoms. The number of ether oxygens (including phenoxy) is 2. The van der Waals surface area contributed by atoms with E-state index in [4.69, 9.17) is 9.47 Å². The van der Waals surface area contributed by atoms with Gasteiger partial charge < -0.3 is 24.6 Å². The van der Waals surface area contributed by atoms with Gasteiger partial charge >= 0.3 is 0 Å². The number of carbonyl (C=O) groups excluding carboxylic acids is 1. The van der Waals surface area contributed by atoms with Crippen LogP contribution in [0.3, 0.4) is 0 Å². The molecule has 2 aliphatic heterocycles. The summed E-state index contributed by atoms with van der Waals surface area (Å²) < 4.78 is 23.7. The first kappa shape index (κ1) is 17.8. The first-order valence-electron chi connectivity index (χ1n) is 9.27. The number of nitrogens with one attached hydrogen (secondary N) is 3. The number of halogens is 1. The van der Waals surface area contributed by atoms with Crippen molar-refractivity contribution in [1.82, 2.24) is 0 Å². The Labute approximate surface area is 157 Å². The van der Waals surface area contributed by atoms with E-state index in [1.54, 1.807) is 12.1 Å². The van der Waals surface area contributed by atoms with E-state index in [0.717, 1.165) is 44.2 Å². The van der Waals surface area contributed by atoms with Crippen LogP contribution in [0.4, 0.5) is 10.1 Å². The van der Waals surface area contributed by atoms with Crippen molar-refractivity contribution in [2.45, 2.75) is 6.54 Å². The number of hydrogen-bond donors (Lipinski definition) is 3. The summed E-state index contributed by atoms with van der Waals surface area (Å²) in [6, 6.07) is 12.0. The molecular formula is C20H24FN3O3+2. The molecule has 2 aromatic carbocycles. The number of hydrogen-bond acceptors (Lipinski definition) is 3. The van der Waals surface area contributed by atoms with E-state index in [0.29, 0.717) is 19.0 Å². The number of quaternary nitrogens is 2. The molecule has 0 radical (unpaired) electrons. The van der Waals surface area contributed by atoms with Crippen molar-refractivity contribution in [3.05, 3.63) is 53.8 Å². The molecule has 2 heterocycles. The number of fused-ring (bicyclic) bond motifs is 1. The van der Waals surface area contributed by atoms with Crippen LogP contribution in [0, 0.1) is 5.82 Å². The van der Waals surface area contributed by atoms with Crippen LogP contribution in [0.5, 0.6) is 11.5 Å². The van der Waals surface area contributed by atoms with Gasteiger partial charge in [0, 0.05) is 11.3 Å². The van der Waals surface area contributed by atoms with Gasteiger partial charge in [-0.2, -0.15) is 0 Å². The molecule has 0 aromatic heterocycles. The maximum atomic E-state index is 12.9. The molecule has 4 rings (SSSR count). The van der Waals surface area contributed by atoms with Crippen molar-refractivity contribution in [2.24, 2.45) is 0 Å². The molecule has 142 valence electrons. The lowest BCUT2D eigenvalue weighted by molar-refractivity contribution is -1.02. The van der Waals surface area contributed by atoms with Gasteiger partial charge in [-0.05, 0) is 42.5 Å². The largest absolute Gasteiger partial charge is 0.454 e. The van der Waals surface area contributed by atoms with Crippen LogP contribution in [0.2, 0.25) is 0 Å². The number of carbonyl (C=O) groups is 1. The molecule has 0 bridgehead atoms. The van der Waals surface area contributed by atoms with Gasteiger partial charge in [0.2, 0.25) is 6.79 Å². The summed E-state index contributed by atoms with van der Waals surface area (Å²) in [5, 5.41) is 2.83. The number of amides is 1. The van der Waals surface area contributed by atoms with Crippen LogP contribution >= 0.6 is 0 Å². The third-order valence-corrected chi connectivity index (χ3v) is 5.09. The highest BCUT2D eigenvalue weighted by molar-refractivity contribution is 5.91. The molecule has 3 N–H and O–H groups in total. The molecule has 2 aliphatic rings. The summed E-state index contributed by atoms with van der Waals surface area (Å²) in [5.41, 5.74) is 1.87. The second-order valence-electron chi connectivity index (χ2n) is 7.10. The van der Waals surface area contributed by atoms with Crippen molar-refractivity contribution < 1.29 is 28.5 Å². The Morgan fingerprint density at radius 1 is 0.963 bits per heavy atom. The summed E-state index contributed by atoms with van der Waals surface area (Å²) in [6.45, 7) is 5.64. The predicted octanol–water partition coefficient (Wildman–Crippen LogP) is -0.523. The second kappa shape index (κ2) is 7.94. The van der Waals surface area contributed by atoms with Crippen LogP contribution < -0.4 is 24.6 Å². The van der Waals surface area contributed by atoms with Crippen LogP contribution in [0.25, 0.3) is 0 Å². The monoisotopic (exact) mass is 373 g/mol. The molecule has 6 nitrogen and oxygen atoms in total. The molecule has 0 atom stereocenters. The van der Waals surface area contributed by atoms with Gasteiger partial charge in [-0.25, -0.2) is 4.39 Å². The third kappa shape index (κ3) is 4.56. The zero-order valence-electron chi connectivity index (χ0n) is 15.1. The third-order valence-electron chi connectivity index (χ3n) is 5.09. The van der Waals surface area contributed by atoms with Crippen LogP contribution in [0.15, 0.2) is 42.5 Å². The Morgan fingerprint density at radius 2 is 1.67 bits per heavy atom. The van der Waals surface area contributed by atoms with Crippen molar-refractivity contribution in [1.29, 1.82) is 0 Å². The first-order valence-corrected chi connectivity index (χ1v) is 9.27. The fourth-order valence-corrected chi connectivity index (χ4v) is 3.62. The minimum atomic E-state index is -0.305. The lowest BCUT2D eigenvalue weighted by atomic mass is 10.1. The van der Waals surface area contributed by atoms with Gasteiger partial charge in [0.15, 0.2) is 18.0 Å². The molecule has 1 fully saturated rings. The smallest absolute Gasteiger partial charge is 0.279 e. The second-order valence-corrected chi connectivity index (χ2v) is 7.10. The summed E-state index contributed by atoms with van der Waals surface area (Å²) in [5.74, 6) is 1.31. The topological polar surface area (TPSA) is 56.4 Å². The van der Waals surface area contributed by atoms with E-state index in [1.807, 2.05) is 6.07 Å². The van der Waals surface area contributed by atoms with Gasteiger partial charge in [-0.1, -0.05) is 0 Å². The van der Waals surface area contributed by atoms with Gasteiger partial charge in [0.1, 0.15) is 38.5 Å². The number of rotatable bonds is 5. The minimum Gasteiger partial charge on any atom is -0.454 e. The Kier molecular flexibility index (Phi) is 5.22. The Morgan fingerprint density at radius 3 is 2.44 bits per heavy atom. The lowest BCUT2D eigenvalue weighted by Gasteiger charge is -2.29. The van der Waals surface area contributed by atoms with Gasteiger partial charge in [-0.3, -0.25) is 4.79 Å². The van der Waals surface area contributed by atoms with E-state index < -0.39 is 0 Å². The summed E-state index contributed by atoms with van der Waals surface area (Å²) in [4.78, 5) is 15.0. The van der Waals surface area contributed by atoms with Gasteiger partial charge in [0.25, 0.3) is 5.91 Å². The molecule has 0 saturated carbocycles. The average molecular weight is 373 g/mol. The van der Waals surface area contributed by atoms with E-state index in [2.05, 4.69) is 17.4 Å². The molecule has 1 amide bonds. The minimum absolute atomic E-state index is 0.0316. The number of anilines is 1. The maximum absolute atomic E-state index is 12.9. The highest BCUT2D eigenvalue weighted by Crippen LogP contribution is 2.32. The zero-order chi connectivity index (χ0) is 18.6. The van der Waals surface area contributed by atoms with E-state index in [-0.39, 0.29) is 11.7 Å². The van der Waals surface area contributed by atoms with Crippen molar-refractivity contribution in [3.8, 4) is 11.5 Å². The fourth-order valence-electron chi connectivity index (χ4n) is 3.62. The molecular weight excluding hydrogens is 349 g/mol. The maximum Gasteiger partial charge on any atom is 0.279 e. The summed E-state index contributed by atoms with van der Waals surface area (Å²) in [6.07, 6.45) is 0. The van der Waals surface area contributed by atoms with Crippen molar-refractivity contribution >= 4 is 11.6 Å². The zero-order valence-corrected chi connectivity index (χ0v) is 15.1. The molecule has 27 heavy (non-hydrogen) atoms. The Bertz CT molecular complexity index is 805. The Hall–Kier alpha value is -2.64. The molecule has 1 saturated heterocycles. The Balaban J connectivity index is 1.23. The van der Waals surface area contributed by atoms with E-state index >= 15 is 0 Å².